The zero-order chi connectivity index (χ0) is 21.6. The molecule has 2 fully saturated rings. The van der Waals surface area contributed by atoms with Crippen LogP contribution >= 0.6 is 0 Å². The molecule has 6 heteroatoms. The second-order valence-electron chi connectivity index (χ2n) is 8.02. The largest absolute Gasteiger partial charge is 0.508 e. The minimum atomic E-state index is -0.753. The number of carbonyl (C=O) groups excluding carboxylic acids is 3. The van der Waals surface area contributed by atoms with E-state index in [1.165, 1.54) is 31.2 Å². The molecule has 2 saturated heterocycles. The summed E-state index contributed by atoms with van der Waals surface area (Å²) < 4.78 is 0. The lowest BCUT2D eigenvalue weighted by atomic mass is 9.88. The van der Waals surface area contributed by atoms with E-state index in [0.717, 1.165) is 16.0 Å². The Kier molecular flexibility index (Phi) is 5.03. The van der Waals surface area contributed by atoms with Gasteiger partial charge in [-0.3, -0.25) is 19.3 Å². The average molecular weight is 404 g/mol. The van der Waals surface area contributed by atoms with Crippen molar-refractivity contribution < 1.29 is 19.5 Å². The average Bonchev–Trinajstić information content (AvgIpc) is 3.15. The van der Waals surface area contributed by atoms with Gasteiger partial charge in [0.1, 0.15) is 11.5 Å². The molecule has 0 spiro atoms. The van der Waals surface area contributed by atoms with Crippen molar-refractivity contribution in [1.82, 2.24) is 4.90 Å². The third kappa shape index (κ3) is 3.13. The highest BCUT2D eigenvalue weighted by Gasteiger charge is 2.62. The summed E-state index contributed by atoms with van der Waals surface area (Å²) in [4.78, 5) is 42.4. The molecule has 2 aliphatic heterocycles. The van der Waals surface area contributed by atoms with E-state index >= 15 is 0 Å². The van der Waals surface area contributed by atoms with Crippen LogP contribution in [0.4, 0.5) is 5.69 Å². The van der Waals surface area contributed by atoms with Gasteiger partial charge in [0, 0.05) is 12.6 Å². The predicted octanol–water partition coefficient (Wildman–Crippen LogP) is 2.83. The van der Waals surface area contributed by atoms with Crippen molar-refractivity contribution in [2.75, 3.05) is 4.90 Å². The van der Waals surface area contributed by atoms with Crippen LogP contribution in [0.3, 0.4) is 0 Å². The highest BCUT2D eigenvalue weighted by Crippen LogP contribution is 2.45. The molecule has 1 N–H and O–H groups in total. The van der Waals surface area contributed by atoms with Crippen molar-refractivity contribution in [3.05, 3.63) is 72.3 Å². The van der Waals surface area contributed by atoms with Crippen molar-refractivity contribution in [3.8, 4) is 5.75 Å². The van der Waals surface area contributed by atoms with Crippen LogP contribution in [0.15, 0.2) is 61.2 Å². The Morgan fingerprint density at radius 1 is 1.10 bits per heavy atom. The van der Waals surface area contributed by atoms with Crippen LogP contribution in [-0.2, 0) is 20.9 Å². The Labute approximate surface area is 175 Å². The third-order valence-corrected chi connectivity index (χ3v) is 6.06. The number of ketones is 1. The van der Waals surface area contributed by atoms with Crippen LogP contribution in [0.2, 0.25) is 0 Å². The van der Waals surface area contributed by atoms with Gasteiger partial charge in [0.25, 0.3) is 0 Å². The first-order valence-electron chi connectivity index (χ1n) is 9.94. The van der Waals surface area contributed by atoms with Crippen LogP contribution in [-0.4, -0.2) is 39.7 Å². The monoisotopic (exact) mass is 404 g/mol. The topological polar surface area (TPSA) is 77.9 Å². The maximum Gasteiger partial charge on any atom is 0.239 e. The molecule has 0 bridgehead atoms. The minimum Gasteiger partial charge on any atom is -0.508 e. The Balaban J connectivity index is 1.73. The molecule has 4 atom stereocenters. The van der Waals surface area contributed by atoms with Crippen molar-refractivity contribution in [3.63, 3.8) is 0 Å². The van der Waals surface area contributed by atoms with Crippen LogP contribution in [0.25, 0.3) is 0 Å². The van der Waals surface area contributed by atoms with Gasteiger partial charge in [0.2, 0.25) is 11.8 Å². The maximum absolute atomic E-state index is 13.3. The SMILES string of the molecule is C=C[C@H]1[C@@H]2C(=O)N(c3ccc(O)cc3)C(=O)[C@@H]2[C@@H](C(C)=O)N1Cc1cccc(C)c1. The van der Waals surface area contributed by atoms with E-state index in [-0.39, 0.29) is 23.3 Å². The molecule has 2 heterocycles. The fraction of sp³-hybridized carbons (Fsp3) is 0.292. The molecule has 0 unspecified atom stereocenters. The molecule has 2 aromatic carbocycles. The Hall–Kier alpha value is -3.25. The van der Waals surface area contributed by atoms with E-state index in [1.807, 2.05) is 36.1 Å². The number of Topliss-reactive ketones (excluding diaryl/α,β-unsaturated/α-hetero) is 1. The number of benzene rings is 2. The molecular formula is C24H24N2O4. The van der Waals surface area contributed by atoms with Gasteiger partial charge in [-0.2, -0.15) is 0 Å². The molecule has 2 amide bonds. The van der Waals surface area contributed by atoms with E-state index in [4.69, 9.17) is 0 Å². The normalized spacial score (nSPS) is 26.1. The molecule has 4 rings (SSSR count). The minimum absolute atomic E-state index is 0.0490. The summed E-state index contributed by atoms with van der Waals surface area (Å²) in [5.41, 5.74) is 2.52. The molecule has 0 aliphatic carbocycles. The number of likely N-dealkylation sites (tertiary alicyclic amines) is 1. The molecule has 6 nitrogen and oxygen atoms in total. The summed E-state index contributed by atoms with van der Waals surface area (Å²) in [7, 11) is 0. The van der Waals surface area contributed by atoms with Gasteiger partial charge in [-0.1, -0.05) is 35.9 Å². The van der Waals surface area contributed by atoms with Gasteiger partial charge in [-0.15, -0.1) is 6.58 Å². The fourth-order valence-corrected chi connectivity index (χ4v) is 4.85. The smallest absolute Gasteiger partial charge is 0.239 e. The maximum atomic E-state index is 13.3. The number of aryl methyl sites for hydroxylation is 1. The predicted molar refractivity (Wildman–Crippen MR) is 113 cm³/mol. The summed E-state index contributed by atoms with van der Waals surface area (Å²) >= 11 is 0. The molecule has 2 aliphatic rings. The summed E-state index contributed by atoms with van der Waals surface area (Å²) in [6, 6.07) is 12.8. The number of imide groups is 1. The third-order valence-electron chi connectivity index (χ3n) is 6.06. The van der Waals surface area contributed by atoms with E-state index in [2.05, 4.69) is 6.58 Å². The first-order chi connectivity index (χ1) is 14.3. The van der Waals surface area contributed by atoms with E-state index in [0.29, 0.717) is 12.2 Å². The lowest BCUT2D eigenvalue weighted by Crippen LogP contribution is -2.46. The van der Waals surface area contributed by atoms with Crippen molar-refractivity contribution in [1.29, 1.82) is 0 Å². The molecule has 154 valence electrons. The van der Waals surface area contributed by atoms with Gasteiger partial charge in [0.15, 0.2) is 0 Å². The van der Waals surface area contributed by atoms with Gasteiger partial charge >= 0.3 is 0 Å². The van der Waals surface area contributed by atoms with E-state index < -0.39 is 23.9 Å². The van der Waals surface area contributed by atoms with Crippen molar-refractivity contribution in [2.45, 2.75) is 32.5 Å². The highest BCUT2D eigenvalue weighted by molar-refractivity contribution is 6.24. The number of hydrogen-bond donors (Lipinski definition) is 1. The summed E-state index contributed by atoms with van der Waals surface area (Å²) in [6.45, 7) is 7.83. The molecule has 0 radical (unpaired) electrons. The number of phenols is 1. The Bertz CT molecular complexity index is 1030. The second kappa shape index (κ2) is 7.54. The lowest BCUT2D eigenvalue weighted by Gasteiger charge is -2.31. The fourth-order valence-electron chi connectivity index (χ4n) is 4.85. The summed E-state index contributed by atoms with van der Waals surface area (Å²) in [5.74, 6) is -2.23. The lowest BCUT2D eigenvalue weighted by molar-refractivity contribution is -0.129. The highest BCUT2D eigenvalue weighted by atomic mass is 16.3. The summed E-state index contributed by atoms with van der Waals surface area (Å²) in [6.07, 6.45) is 1.67. The van der Waals surface area contributed by atoms with Crippen LogP contribution in [0, 0.1) is 18.8 Å². The first-order valence-corrected chi connectivity index (χ1v) is 9.94. The van der Waals surface area contributed by atoms with Gasteiger partial charge < -0.3 is 5.11 Å². The van der Waals surface area contributed by atoms with Gasteiger partial charge in [-0.25, -0.2) is 4.90 Å². The molecule has 2 aromatic rings. The zero-order valence-electron chi connectivity index (χ0n) is 17.0. The number of hydrogen-bond acceptors (Lipinski definition) is 5. The van der Waals surface area contributed by atoms with E-state index in [1.54, 1.807) is 6.08 Å². The Morgan fingerprint density at radius 2 is 1.77 bits per heavy atom. The second-order valence-corrected chi connectivity index (χ2v) is 8.02. The number of phenolic OH excluding ortho intramolecular Hbond substituents is 1. The number of aromatic hydroxyl groups is 1. The number of rotatable bonds is 5. The standard InChI is InChI=1S/C24H24N2O4/c1-4-19-20-21(24(30)26(23(20)29)17-8-10-18(28)11-9-17)22(15(3)27)25(19)13-16-7-5-6-14(2)12-16/h4-12,19-22,28H,1,13H2,2-3H3/t19-,20-,21-,22+/m0/s1. The molecule has 30 heavy (non-hydrogen) atoms. The van der Waals surface area contributed by atoms with Crippen LogP contribution in [0.1, 0.15) is 18.1 Å². The summed E-state index contributed by atoms with van der Waals surface area (Å²) in [5, 5.41) is 9.53. The quantitative estimate of drug-likeness (QED) is 0.613. The van der Waals surface area contributed by atoms with Crippen LogP contribution < -0.4 is 4.90 Å². The number of fused-ring (bicyclic) bond motifs is 1. The van der Waals surface area contributed by atoms with Crippen molar-refractivity contribution in [2.24, 2.45) is 11.8 Å². The molecule has 0 saturated carbocycles. The zero-order valence-corrected chi connectivity index (χ0v) is 17.0. The first kappa shape index (κ1) is 20.0. The number of nitrogens with zero attached hydrogens (tertiary/aromatic N) is 2. The van der Waals surface area contributed by atoms with Gasteiger partial charge in [-0.05, 0) is 43.7 Å². The molecule has 0 aromatic heterocycles. The Morgan fingerprint density at radius 3 is 2.37 bits per heavy atom. The van der Waals surface area contributed by atoms with E-state index in [9.17, 15) is 19.5 Å². The number of anilines is 1. The van der Waals surface area contributed by atoms with Gasteiger partial charge in [0.05, 0.1) is 23.6 Å². The number of amides is 2. The molecular weight excluding hydrogens is 380 g/mol. The van der Waals surface area contributed by atoms with Crippen molar-refractivity contribution >= 4 is 23.3 Å². The number of carbonyl (C=O) groups is 3. The van der Waals surface area contributed by atoms with Crippen LogP contribution in [0.5, 0.6) is 5.75 Å².